The number of benzene rings is 2. The van der Waals surface area contributed by atoms with E-state index in [9.17, 15) is 23.7 Å². The van der Waals surface area contributed by atoms with Crippen LogP contribution in [0.2, 0.25) is 0 Å². The number of alkyl halides is 2. The number of nitrogens with zero attached hydrogens (tertiary/aromatic N) is 2. The summed E-state index contributed by atoms with van der Waals surface area (Å²) in [7, 11) is 0. The molecule has 0 aliphatic carbocycles. The molecular formula is C20H20F2N2O5. The van der Waals surface area contributed by atoms with Crippen LogP contribution >= 0.6 is 0 Å². The van der Waals surface area contributed by atoms with Crippen LogP contribution in [0.5, 0.6) is 5.75 Å². The van der Waals surface area contributed by atoms with E-state index in [4.69, 9.17) is 4.74 Å². The van der Waals surface area contributed by atoms with Crippen molar-refractivity contribution in [3.63, 3.8) is 0 Å². The fourth-order valence-electron chi connectivity index (χ4n) is 3.28. The van der Waals surface area contributed by atoms with E-state index in [2.05, 4.69) is 4.74 Å². The topological polar surface area (TPSA) is 81.9 Å². The fourth-order valence-corrected chi connectivity index (χ4v) is 3.28. The summed E-state index contributed by atoms with van der Waals surface area (Å²) in [5, 5.41) is 11.2. The number of nitro groups is 1. The third kappa shape index (κ3) is 5.40. The highest BCUT2D eigenvalue weighted by molar-refractivity contribution is 5.73. The summed E-state index contributed by atoms with van der Waals surface area (Å²) in [5.74, 6) is -0.576. The van der Waals surface area contributed by atoms with Crippen LogP contribution in [0.3, 0.4) is 0 Å². The van der Waals surface area contributed by atoms with Crippen molar-refractivity contribution in [2.24, 2.45) is 5.92 Å². The van der Waals surface area contributed by atoms with Gasteiger partial charge in [0.1, 0.15) is 18.0 Å². The maximum absolute atomic E-state index is 12.3. The molecule has 1 fully saturated rings. The smallest absolute Gasteiger partial charge is 0.387 e. The van der Waals surface area contributed by atoms with Gasteiger partial charge in [-0.3, -0.25) is 14.9 Å². The summed E-state index contributed by atoms with van der Waals surface area (Å²) < 4.78 is 33.9. The summed E-state index contributed by atoms with van der Waals surface area (Å²) in [4.78, 5) is 25.0. The van der Waals surface area contributed by atoms with Crippen molar-refractivity contribution in [1.82, 2.24) is 0 Å². The predicted molar refractivity (Wildman–Crippen MR) is 101 cm³/mol. The SMILES string of the molecule is O=C(OCc1ccc(OC(F)F)cc1)C1CCN(c2ccccc2[N+](=O)[O-])CC1. The standard InChI is InChI=1S/C20H20F2N2O5/c21-20(22)29-16-7-5-14(6-8-16)13-28-19(25)15-9-11-23(12-10-15)17-3-1-2-4-18(17)24(26)27/h1-8,15,20H,9-13H2. The molecular weight excluding hydrogens is 386 g/mol. The Morgan fingerprint density at radius 2 is 1.79 bits per heavy atom. The Balaban J connectivity index is 1.50. The fraction of sp³-hybridized carbons (Fsp3) is 0.350. The first kappa shape index (κ1) is 20.5. The highest BCUT2D eigenvalue weighted by Crippen LogP contribution is 2.31. The van der Waals surface area contributed by atoms with Crippen molar-refractivity contribution in [3.8, 4) is 5.75 Å². The van der Waals surface area contributed by atoms with E-state index in [1.165, 1.54) is 18.2 Å². The van der Waals surface area contributed by atoms with Gasteiger partial charge in [-0.25, -0.2) is 0 Å². The van der Waals surface area contributed by atoms with E-state index >= 15 is 0 Å². The molecule has 7 nitrogen and oxygen atoms in total. The molecule has 154 valence electrons. The van der Waals surface area contributed by atoms with Crippen molar-refractivity contribution < 1.29 is 28.0 Å². The van der Waals surface area contributed by atoms with E-state index in [1.807, 2.05) is 4.90 Å². The van der Waals surface area contributed by atoms with Gasteiger partial charge in [-0.15, -0.1) is 0 Å². The summed E-state index contributed by atoms with van der Waals surface area (Å²) in [6, 6.07) is 12.4. The van der Waals surface area contributed by atoms with Gasteiger partial charge in [0.2, 0.25) is 0 Å². The average Bonchev–Trinajstić information content (AvgIpc) is 2.72. The van der Waals surface area contributed by atoms with E-state index in [-0.39, 0.29) is 29.9 Å². The number of carbonyl (C=O) groups excluding carboxylic acids is 1. The summed E-state index contributed by atoms with van der Waals surface area (Å²) >= 11 is 0. The van der Waals surface area contributed by atoms with Crippen molar-refractivity contribution in [1.29, 1.82) is 0 Å². The first-order valence-corrected chi connectivity index (χ1v) is 9.13. The Bertz CT molecular complexity index is 852. The predicted octanol–water partition coefficient (Wildman–Crippen LogP) is 4.16. The van der Waals surface area contributed by atoms with Crippen molar-refractivity contribution >= 4 is 17.3 Å². The van der Waals surface area contributed by atoms with E-state index < -0.39 is 11.5 Å². The third-order valence-corrected chi connectivity index (χ3v) is 4.78. The molecule has 1 saturated heterocycles. The van der Waals surface area contributed by atoms with Crippen LogP contribution in [-0.2, 0) is 16.1 Å². The minimum atomic E-state index is -2.89. The monoisotopic (exact) mass is 406 g/mol. The number of para-hydroxylation sites is 2. The Morgan fingerprint density at radius 1 is 1.14 bits per heavy atom. The van der Waals surface area contributed by atoms with Gasteiger partial charge in [0.05, 0.1) is 10.8 Å². The van der Waals surface area contributed by atoms with Crippen LogP contribution in [-0.4, -0.2) is 30.6 Å². The van der Waals surface area contributed by atoms with Gasteiger partial charge < -0.3 is 14.4 Å². The molecule has 29 heavy (non-hydrogen) atoms. The number of hydrogen-bond acceptors (Lipinski definition) is 6. The number of rotatable bonds is 7. The van der Waals surface area contributed by atoms with Gasteiger partial charge >= 0.3 is 12.6 Å². The first-order valence-electron chi connectivity index (χ1n) is 9.13. The molecule has 2 aromatic carbocycles. The quantitative estimate of drug-likeness (QED) is 0.390. The maximum atomic E-state index is 12.3. The second-order valence-corrected chi connectivity index (χ2v) is 6.64. The molecule has 0 bridgehead atoms. The molecule has 0 atom stereocenters. The van der Waals surface area contributed by atoms with Gasteiger partial charge in [0.25, 0.3) is 5.69 Å². The molecule has 0 saturated carbocycles. The second kappa shape index (κ2) is 9.31. The van der Waals surface area contributed by atoms with Gasteiger partial charge in [0.15, 0.2) is 0 Å². The maximum Gasteiger partial charge on any atom is 0.387 e. The van der Waals surface area contributed by atoms with Crippen LogP contribution in [0.25, 0.3) is 0 Å². The van der Waals surface area contributed by atoms with Gasteiger partial charge in [0, 0.05) is 19.2 Å². The molecule has 0 unspecified atom stereocenters. The lowest BCUT2D eigenvalue weighted by atomic mass is 9.96. The third-order valence-electron chi connectivity index (χ3n) is 4.78. The molecule has 1 heterocycles. The number of piperidine rings is 1. The van der Waals surface area contributed by atoms with Crippen molar-refractivity contribution in [3.05, 3.63) is 64.2 Å². The van der Waals surface area contributed by atoms with Crippen molar-refractivity contribution in [2.75, 3.05) is 18.0 Å². The Labute approximate surface area is 166 Å². The van der Waals surface area contributed by atoms with Crippen molar-refractivity contribution in [2.45, 2.75) is 26.1 Å². The molecule has 2 aromatic rings. The lowest BCUT2D eigenvalue weighted by molar-refractivity contribution is -0.384. The largest absolute Gasteiger partial charge is 0.461 e. The normalized spacial score (nSPS) is 14.7. The lowest BCUT2D eigenvalue weighted by Crippen LogP contribution is -2.37. The molecule has 0 amide bonds. The zero-order valence-electron chi connectivity index (χ0n) is 15.5. The number of anilines is 1. The summed E-state index contributed by atoms with van der Waals surface area (Å²) in [6.07, 6.45) is 1.07. The molecule has 1 aliphatic heterocycles. The first-order chi connectivity index (χ1) is 13.9. The number of ether oxygens (including phenoxy) is 2. The van der Waals surface area contributed by atoms with E-state index in [0.29, 0.717) is 37.2 Å². The summed E-state index contributed by atoms with van der Waals surface area (Å²) in [5.41, 5.74) is 1.26. The van der Waals surface area contributed by atoms with E-state index in [1.54, 1.807) is 30.3 Å². The lowest BCUT2D eigenvalue weighted by Gasteiger charge is -2.32. The molecule has 9 heteroatoms. The minimum absolute atomic E-state index is 0.0393. The van der Waals surface area contributed by atoms with Gasteiger partial charge in [-0.1, -0.05) is 24.3 Å². The summed E-state index contributed by atoms with van der Waals surface area (Å²) in [6.45, 7) is -1.81. The number of esters is 1. The zero-order chi connectivity index (χ0) is 20.8. The average molecular weight is 406 g/mol. The second-order valence-electron chi connectivity index (χ2n) is 6.64. The molecule has 0 radical (unpaired) electrons. The van der Waals surface area contributed by atoms with Crippen LogP contribution in [0, 0.1) is 16.0 Å². The molecule has 0 N–H and O–H groups in total. The minimum Gasteiger partial charge on any atom is -0.461 e. The molecule has 0 spiro atoms. The van der Waals surface area contributed by atoms with Crippen LogP contribution in [0.4, 0.5) is 20.2 Å². The Morgan fingerprint density at radius 3 is 2.41 bits per heavy atom. The van der Waals surface area contributed by atoms with Gasteiger partial charge in [-0.05, 0) is 36.6 Å². The number of carbonyl (C=O) groups is 1. The Hall–Kier alpha value is -3.23. The van der Waals surface area contributed by atoms with E-state index in [0.717, 1.165) is 0 Å². The highest BCUT2D eigenvalue weighted by atomic mass is 19.3. The van der Waals surface area contributed by atoms with Crippen LogP contribution < -0.4 is 9.64 Å². The highest BCUT2D eigenvalue weighted by Gasteiger charge is 2.29. The molecule has 1 aliphatic rings. The number of hydrogen-bond donors (Lipinski definition) is 0. The van der Waals surface area contributed by atoms with Gasteiger partial charge in [-0.2, -0.15) is 8.78 Å². The number of nitro benzene ring substituents is 1. The van der Waals surface area contributed by atoms with Crippen LogP contribution in [0.1, 0.15) is 18.4 Å². The molecule has 3 rings (SSSR count). The zero-order valence-corrected chi connectivity index (χ0v) is 15.5. The molecule has 0 aromatic heterocycles. The van der Waals surface area contributed by atoms with Crippen LogP contribution in [0.15, 0.2) is 48.5 Å². The Kier molecular flexibility index (Phi) is 6.58. The number of halogens is 2.